The summed E-state index contributed by atoms with van der Waals surface area (Å²) < 4.78 is 1.64. The lowest BCUT2D eigenvalue weighted by Crippen LogP contribution is -2.20. The van der Waals surface area contributed by atoms with Gasteiger partial charge in [-0.25, -0.2) is 4.98 Å². The molecule has 4 aromatic rings. The Balaban J connectivity index is 1.40. The molecule has 1 N–H and O–H groups in total. The van der Waals surface area contributed by atoms with Crippen LogP contribution in [0.3, 0.4) is 0 Å². The quantitative estimate of drug-likeness (QED) is 0.489. The third kappa shape index (κ3) is 3.47. The highest BCUT2D eigenvalue weighted by molar-refractivity contribution is 6.15. The predicted octanol–water partition coefficient (Wildman–Crippen LogP) is 4.30. The van der Waals surface area contributed by atoms with Gasteiger partial charge in [0.05, 0.1) is 28.8 Å². The number of anilines is 3. The molecule has 0 fully saturated rings. The molecule has 35 heavy (non-hydrogen) atoms. The van der Waals surface area contributed by atoms with E-state index in [0.29, 0.717) is 23.4 Å². The van der Waals surface area contributed by atoms with Gasteiger partial charge >= 0.3 is 0 Å². The first-order valence-electron chi connectivity index (χ1n) is 11.2. The smallest absolute Gasteiger partial charge is 0.258 e. The molecule has 8 heteroatoms. The zero-order chi connectivity index (χ0) is 24.1. The molecule has 8 nitrogen and oxygen atoms in total. The fourth-order valence-electron chi connectivity index (χ4n) is 4.69. The van der Waals surface area contributed by atoms with E-state index in [9.17, 15) is 9.59 Å². The molecule has 172 valence electrons. The molecular weight excluding hydrogens is 440 g/mol. The van der Waals surface area contributed by atoms with Gasteiger partial charge in [-0.15, -0.1) is 0 Å². The Bertz CT molecular complexity index is 1540. The zero-order valence-corrected chi connectivity index (χ0v) is 19.3. The Morgan fingerprint density at radius 3 is 2.74 bits per heavy atom. The predicted molar refractivity (Wildman–Crippen MR) is 134 cm³/mol. The van der Waals surface area contributed by atoms with Crippen LogP contribution >= 0.6 is 0 Å². The van der Waals surface area contributed by atoms with Gasteiger partial charge < -0.3 is 15.1 Å². The van der Waals surface area contributed by atoms with Crippen LogP contribution in [0.4, 0.5) is 17.2 Å². The number of nitrogens with zero attached hydrogens (tertiary/aromatic N) is 5. The highest BCUT2D eigenvalue weighted by atomic mass is 16.2. The summed E-state index contributed by atoms with van der Waals surface area (Å²) in [5.41, 5.74) is 6.42. The maximum Gasteiger partial charge on any atom is 0.258 e. The van der Waals surface area contributed by atoms with E-state index < -0.39 is 0 Å². The molecule has 0 saturated carbocycles. The van der Waals surface area contributed by atoms with Crippen molar-refractivity contribution in [2.45, 2.75) is 6.54 Å². The molecule has 2 amide bonds. The van der Waals surface area contributed by atoms with Crippen molar-refractivity contribution in [2.75, 3.05) is 17.3 Å². The lowest BCUT2D eigenvalue weighted by molar-refractivity contribution is 0.0874. The summed E-state index contributed by atoms with van der Waals surface area (Å²) >= 11 is 0. The molecule has 0 aliphatic carbocycles. The van der Waals surface area contributed by atoms with Crippen molar-refractivity contribution in [3.63, 3.8) is 0 Å². The van der Waals surface area contributed by atoms with Gasteiger partial charge in [-0.05, 0) is 48.0 Å². The number of fused-ring (bicyclic) bond motifs is 1. The molecular formula is C27H22N6O2. The minimum absolute atomic E-state index is 0.0190. The van der Waals surface area contributed by atoms with E-state index in [1.807, 2.05) is 54.6 Å². The summed E-state index contributed by atoms with van der Waals surface area (Å²) in [5.74, 6) is 0.578. The minimum atomic E-state index is -0.203. The number of carbonyl (C=O) groups is 2. The number of nitrogens with one attached hydrogen (secondary N) is 1. The summed E-state index contributed by atoms with van der Waals surface area (Å²) in [6.07, 6.45) is 7.15. The number of aromatic nitrogens is 3. The monoisotopic (exact) mass is 462 g/mol. The number of hydrogen-bond donors (Lipinski definition) is 1. The average Bonchev–Trinajstić information content (AvgIpc) is 3.34. The number of pyridine rings is 1. The van der Waals surface area contributed by atoms with Gasteiger partial charge in [-0.3, -0.25) is 14.3 Å². The topological polar surface area (TPSA) is 83.4 Å². The van der Waals surface area contributed by atoms with Gasteiger partial charge in [0.25, 0.3) is 11.8 Å². The Hall–Kier alpha value is -4.72. The molecule has 0 saturated heterocycles. The first kappa shape index (κ1) is 20.9. The average molecular weight is 463 g/mol. The molecule has 2 aromatic heterocycles. The third-order valence-corrected chi connectivity index (χ3v) is 6.34. The summed E-state index contributed by atoms with van der Waals surface area (Å²) in [6, 6.07) is 17.2. The molecule has 2 aromatic carbocycles. The molecule has 2 aliphatic heterocycles. The lowest BCUT2D eigenvalue weighted by Gasteiger charge is -2.26. The van der Waals surface area contributed by atoms with E-state index in [4.69, 9.17) is 4.98 Å². The molecule has 0 radical (unpaired) electrons. The van der Waals surface area contributed by atoms with Crippen LogP contribution in [0.15, 0.2) is 73.2 Å². The first-order chi connectivity index (χ1) is 17.0. The van der Waals surface area contributed by atoms with Crippen molar-refractivity contribution < 1.29 is 9.59 Å². The summed E-state index contributed by atoms with van der Waals surface area (Å²) in [4.78, 5) is 34.3. The van der Waals surface area contributed by atoms with Crippen LogP contribution in [-0.4, -0.2) is 38.5 Å². The van der Waals surface area contributed by atoms with E-state index in [1.54, 1.807) is 48.3 Å². The molecule has 0 unspecified atom stereocenters. The van der Waals surface area contributed by atoms with Crippen LogP contribution in [0.25, 0.3) is 11.8 Å². The van der Waals surface area contributed by atoms with Crippen LogP contribution in [0.5, 0.6) is 0 Å². The van der Waals surface area contributed by atoms with Crippen molar-refractivity contribution in [2.24, 2.45) is 7.05 Å². The summed E-state index contributed by atoms with van der Waals surface area (Å²) in [7, 11) is 3.60. The number of amides is 2. The second-order valence-electron chi connectivity index (χ2n) is 8.65. The van der Waals surface area contributed by atoms with Crippen LogP contribution in [-0.2, 0) is 13.6 Å². The van der Waals surface area contributed by atoms with Gasteiger partial charge in [0, 0.05) is 49.7 Å². The Kier molecular flexibility index (Phi) is 4.74. The molecule has 2 aliphatic rings. The third-order valence-electron chi connectivity index (χ3n) is 6.34. The molecule has 6 rings (SSSR count). The van der Waals surface area contributed by atoms with Crippen molar-refractivity contribution >= 4 is 40.8 Å². The molecule has 4 heterocycles. The number of hydrogen-bond acceptors (Lipinski definition) is 5. The first-order valence-corrected chi connectivity index (χ1v) is 11.2. The standard InChI is InChI=1S/C27H22N6O2/c1-31-16-20(14-29-31)30-26(34)19-7-3-6-17(12-19)15-33-22-10-4-9-21-24(22)23(32(2)27(21)35)13-18-8-5-11-28-25(18)33/h3-14,16H,15H2,1-2H3,(H,30,34). The van der Waals surface area contributed by atoms with E-state index in [2.05, 4.69) is 15.3 Å². The maximum absolute atomic E-state index is 12.9. The van der Waals surface area contributed by atoms with Crippen LogP contribution in [0.2, 0.25) is 0 Å². The van der Waals surface area contributed by atoms with Crippen molar-refractivity contribution in [3.05, 3.63) is 101 Å². The second-order valence-corrected chi connectivity index (χ2v) is 8.65. The van der Waals surface area contributed by atoms with E-state index in [0.717, 1.165) is 33.9 Å². The number of carbonyl (C=O) groups excluding carboxylic acids is 2. The van der Waals surface area contributed by atoms with Crippen LogP contribution in [0, 0.1) is 0 Å². The Labute approximate surface area is 202 Å². The van der Waals surface area contributed by atoms with Gasteiger partial charge in [0.1, 0.15) is 5.82 Å². The van der Waals surface area contributed by atoms with E-state index in [-0.39, 0.29) is 11.8 Å². The van der Waals surface area contributed by atoms with Crippen LogP contribution < -0.4 is 10.2 Å². The normalized spacial score (nSPS) is 13.8. The fraction of sp³-hybridized carbons (Fsp3) is 0.111. The largest absolute Gasteiger partial charge is 0.321 e. The molecule has 0 atom stereocenters. The van der Waals surface area contributed by atoms with Crippen molar-refractivity contribution in [1.29, 1.82) is 0 Å². The van der Waals surface area contributed by atoms with E-state index >= 15 is 0 Å². The van der Waals surface area contributed by atoms with Crippen molar-refractivity contribution in [1.82, 2.24) is 19.7 Å². The maximum atomic E-state index is 12.9. The summed E-state index contributed by atoms with van der Waals surface area (Å²) in [5, 5.41) is 6.98. The fourth-order valence-corrected chi connectivity index (χ4v) is 4.69. The number of aryl methyl sites for hydroxylation is 1. The molecule has 0 spiro atoms. The van der Waals surface area contributed by atoms with Crippen molar-refractivity contribution in [3.8, 4) is 0 Å². The molecule has 0 bridgehead atoms. The SMILES string of the molecule is CN1C(=O)c2cccc3c2C1=Cc1cccnc1N3Cc1cccc(C(=O)Nc2cnn(C)c2)c1. The summed E-state index contributed by atoms with van der Waals surface area (Å²) in [6.45, 7) is 0.480. The van der Waals surface area contributed by atoms with E-state index in [1.165, 1.54) is 0 Å². The Morgan fingerprint density at radius 2 is 1.91 bits per heavy atom. The van der Waals surface area contributed by atoms with Gasteiger partial charge in [0.15, 0.2) is 0 Å². The highest BCUT2D eigenvalue weighted by Gasteiger charge is 2.35. The van der Waals surface area contributed by atoms with Crippen LogP contribution in [0.1, 0.15) is 37.4 Å². The highest BCUT2D eigenvalue weighted by Crippen LogP contribution is 2.45. The van der Waals surface area contributed by atoms with Gasteiger partial charge in [-0.1, -0.05) is 18.2 Å². The van der Waals surface area contributed by atoms with Gasteiger partial charge in [-0.2, -0.15) is 5.10 Å². The lowest BCUT2D eigenvalue weighted by atomic mass is 10.0. The minimum Gasteiger partial charge on any atom is -0.321 e. The number of rotatable bonds is 4. The van der Waals surface area contributed by atoms with Gasteiger partial charge in [0.2, 0.25) is 0 Å². The second kappa shape index (κ2) is 7.95. The Morgan fingerprint density at radius 1 is 1.06 bits per heavy atom. The number of benzene rings is 2. The zero-order valence-electron chi connectivity index (χ0n) is 19.3.